The molecular weight excluding hydrogens is 446 g/mol. The molecule has 2 heterocycles. The summed E-state index contributed by atoms with van der Waals surface area (Å²) in [4.78, 5) is 12.3. The molecule has 1 fully saturated rings. The number of halogens is 2. The number of amides is 1. The van der Waals surface area contributed by atoms with Crippen LogP contribution in [-0.2, 0) is 0 Å². The third-order valence-electron chi connectivity index (χ3n) is 6.28. The van der Waals surface area contributed by atoms with E-state index < -0.39 is 23.3 Å². The van der Waals surface area contributed by atoms with Gasteiger partial charge in [-0.25, -0.2) is 8.78 Å². The molecule has 2 aromatic heterocycles. The van der Waals surface area contributed by atoms with Crippen molar-refractivity contribution < 1.29 is 18.7 Å². The number of carbonyl (C=O) groups is 1. The zero-order valence-electron chi connectivity index (χ0n) is 17.7. The Morgan fingerprint density at radius 3 is 2.58 bits per heavy atom. The van der Waals surface area contributed by atoms with Gasteiger partial charge in [0.2, 0.25) is 0 Å². The summed E-state index contributed by atoms with van der Waals surface area (Å²) in [5.74, 6) is -3.63. The Bertz CT molecular complexity index is 1270. The molecule has 6 nitrogen and oxygen atoms in total. The van der Waals surface area contributed by atoms with Crippen LogP contribution in [0.15, 0.2) is 48.0 Å². The van der Waals surface area contributed by atoms with E-state index >= 15 is 0 Å². The molecule has 1 aliphatic rings. The van der Waals surface area contributed by atoms with E-state index in [1.807, 2.05) is 16.1 Å². The normalized spacial score (nSPS) is 18.5. The molecule has 2 aromatic carbocycles. The molecule has 1 amide bonds. The van der Waals surface area contributed by atoms with Gasteiger partial charge in [-0.3, -0.25) is 9.48 Å². The van der Waals surface area contributed by atoms with Crippen molar-refractivity contribution in [3.63, 3.8) is 0 Å². The third kappa shape index (κ3) is 4.45. The Morgan fingerprint density at radius 2 is 1.88 bits per heavy atom. The van der Waals surface area contributed by atoms with Crippen LogP contribution in [0.5, 0.6) is 5.75 Å². The lowest BCUT2D eigenvalue weighted by atomic mass is 9.86. The number of phenolic OH excluding ortho intramolecular Hbond substituents is 1. The molecule has 0 spiro atoms. The van der Waals surface area contributed by atoms with Crippen molar-refractivity contribution in [1.29, 1.82) is 0 Å². The Morgan fingerprint density at radius 1 is 1.12 bits per heavy atom. The molecule has 0 saturated heterocycles. The summed E-state index contributed by atoms with van der Waals surface area (Å²) in [5.41, 5.74) is 2.82. The number of carbonyl (C=O) groups excluding carboxylic acids is 1. The predicted molar refractivity (Wildman–Crippen MR) is 122 cm³/mol. The summed E-state index contributed by atoms with van der Waals surface area (Å²) in [6.07, 6.45) is 5.81. The van der Waals surface area contributed by atoms with E-state index in [4.69, 9.17) is 5.10 Å². The molecule has 9 heteroatoms. The zero-order valence-corrected chi connectivity index (χ0v) is 18.5. The topological polar surface area (TPSA) is 80.0 Å². The number of rotatable bonds is 5. The monoisotopic (exact) mass is 468 g/mol. The summed E-state index contributed by atoms with van der Waals surface area (Å²) in [6.45, 7) is 0.438. The van der Waals surface area contributed by atoms with Crippen LogP contribution in [0.25, 0.3) is 22.2 Å². The van der Waals surface area contributed by atoms with E-state index in [0.29, 0.717) is 18.5 Å². The lowest BCUT2D eigenvalue weighted by Gasteiger charge is -2.28. The molecule has 0 radical (unpaired) electrons. The molecule has 1 aliphatic carbocycles. The summed E-state index contributed by atoms with van der Waals surface area (Å²) in [7, 11) is 0. The Balaban J connectivity index is 1.18. The van der Waals surface area contributed by atoms with Gasteiger partial charge >= 0.3 is 0 Å². The Labute approximate surface area is 193 Å². The highest BCUT2D eigenvalue weighted by molar-refractivity contribution is 7.03. The summed E-state index contributed by atoms with van der Waals surface area (Å²) in [5, 5.41) is 19.8. The van der Waals surface area contributed by atoms with E-state index in [9.17, 15) is 18.7 Å². The van der Waals surface area contributed by atoms with Crippen molar-refractivity contribution in [3.8, 4) is 17.0 Å². The number of aromatic nitrogens is 3. The van der Waals surface area contributed by atoms with Crippen molar-refractivity contribution in [2.45, 2.75) is 31.7 Å². The first kappa shape index (κ1) is 21.5. The van der Waals surface area contributed by atoms with E-state index in [1.165, 1.54) is 11.5 Å². The van der Waals surface area contributed by atoms with Gasteiger partial charge in [0, 0.05) is 34.6 Å². The van der Waals surface area contributed by atoms with Crippen LogP contribution < -0.4 is 5.32 Å². The second-order valence-corrected chi connectivity index (χ2v) is 9.11. The summed E-state index contributed by atoms with van der Waals surface area (Å²) in [6, 6.07) is 10.2. The summed E-state index contributed by atoms with van der Waals surface area (Å²) >= 11 is 1.43. The van der Waals surface area contributed by atoms with Crippen LogP contribution in [0.2, 0.25) is 0 Å². The van der Waals surface area contributed by atoms with Gasteiger partial charge in [0.15, 0.2) is 17.4 Å². The van der Waals surface area contributed by atoms with Gasteiger partial charge in [0.1, 0.15) is 0 Å². The maximum atomic E-state index is 13.5. The number of benzene rings is 2. The molecule has 5 rings (SSSR count). The number of phenols is 1. The van der Waals surface area contributed by atoms with Crippen molar-refractivity contribution >= 4 is 28.3 Å². The predicted octanol–water partition coefficient (Wildman–Crippen LogP) is 5.30. The first-order valence-corrected chi connectivity index (χ1v) is 11.7. The number of nitrogens with one attached hydrogen (secondary N) is 1. The molecule has 1 saturated carbocycles. The highest BCUT2D eigenvalue weighted by atomic mass is 32.1. The van der Waals surface area contributed by atoms with Gasteiger partial charge in [-0.1, -0.05) is 12.1 Å². The Hall–Kier alpha value is -3.33. The fourth-order valence-electron chi connectivity index (χ4n) is 4.39. The molecule has 2 N–H and O–H groups in total. The minimum Gasteiger partial charge on any atom is -0.503 e. The van der Waals surface area contributed by atoms with Gasteiger partial charge < -0.3 is 10.4 Å². The average Bonchev–Trinajstić information content (AvgIpc) is 3.50. The van der Waals surface area contributed by atoms with Crippen LogP contribution in [0.1, 0.15) is 42.1 Å². The number of aromatic hydroxyl groups is 1. The maximum absolute atomic E-state index is 13.5. The molecule has 0 unspecified atom stereocenters. The largest absolute Gasteiger partial charge is 0.503 e. The van der Waals surface area contributed by atoms with Crippen molar-refractivity contribution in [1.82, 2.24) is 19.5 Å². The van der Waals surface area contributed by atoms with Gasteiger partial charge in [-0.05, 0) is 67.4 Å². The fraction of sp³-hybridized carbons (Fsp3) is 0.292. The average molecular weight is 469 g/mol. The number of hydrogen-bond donors (Lipinski definition) is 2. The lowest BCUT2D eigenvalue weighted by Crippen LogP contribution is -2.31. The van der Waals surface area contributed by atoms with E-state index in [1.54, 1.807) is 0 Å². The van der Waals surface area contributed by atoms with Crippen molar-refractivity contribution in [2.24, 2.45) is 5.92 Å². The van der Waals surface area contributed by atoms with Crippen LogP contribution in [0, 0.1) is 17.6 Å². The van der Waals surface area contributed by atoms with Gasteiger partial charge in [-0.2, -0.15) is 9.47 Å². The molecule has 4 aromatic rings. The number of hydrogen-bond acceptors (Lipinski definition) is 5. The molecular formula is C24H22F2N4O2S. The van der Waals surface area contributed by atoms with Gasteiger partial charge in [-0.15, -0.1) is 0 Å². The summed E-state index contributed by atoms with van der Waals surface area (Å²) < 4.78 is 33.4. The second kappa shape index (κ2) is 8.90. The number of nitrogens with zero attached hydrogens (tertiary/aromatic N) is 3. The SMILES string of the molecule is O=C(NCC1CCC(n2cc3ccc(-c4ccsn4)cc3n2)CC1)c1cc(F)c(O)c(F)c1. The maximum Gasteiger partial charge on any atom is 0.251 e. The fourth-order valence-corrected chi connectivity index (χ4v) is 4.92. The Kier molecular flexibility index (Phi) is 5.80. The van der Waals surface area contributed by atoms with Crippen LogP contribution in [0.3, 0.4) is 0 Å². The standard InChI is InChI=1S/C24H22F2N4O2S/c25-19-9-17(10-20(26)23(19)31)24(32)27-12-14-1-5-18(6-2-14)30-13-16-4-3-15(11-22(16)28-30)21-7-8-33-29-21/h3-4,7-11,13-14,18,31H,1-2,5-6,12H2,(H,27,32). The molecule has 0 aliphatic heterocycles. The molecule has 0 atom stereocenters. The van der Waals surface area contributed by atoms with E-state index in [2.05, 4.69) is 34.1 Å². The second-order valence-electron chi connectivity index (χ2n) is 8.44. The van der Waals surface area contributed by atoms with Crippen LogP contribution in [-0.4, -0.2) is 31.7 Å². The highest BCUT2D eigenvalue weighted by Gasteiger charge is 2.24. The van der Waals surface area contributed by atoms with Gasteiger partial charge in [0.05, 0.1) is 17.3 Å². The first-order valence-electron chi connectivity index (χ1n) is 10.8. The number of fused-ring (bicyclic) bond motifs is 1. The zero-order chi connectivity index (χ0) is 22.9. The van der Waals surface area contributed by atoms with Crippen molar-refractivity contribution in [2.75, 3.05) is 6.54 Å². The van der Waals surface area contributed by atoms with Gasteiger partial charge in [0.25, 0.3) is 5.91 Å². The molecule has 33 heavy (non-hydrogen) atoms. The smallest absolute Gasteiger partial charge is 0.251 e. The van der Waals surface area contributed by atoms with Crippen molar-refractivity contribution in [3.05, 3.63) is 65.2 Å². The van der Waals surface area contributed by atoms with Crippen LogP contribution >= 0.6 is 11.5 Å². The highest BCUT2D eigenvalue weighted by Crippen LogP contribution is 2.33. The molecule has 170 valence electrons. The quantitative estimate of drug-likeness (QED) is 0.416. The minimum absolute atomic E-state index is 0.142. The first-order chi connectivity index (χ1) is 16.0. The van der Waals surface area contributed by atoms with Crippen LogP contribution in [0.4, 0.5) is 8.78 Å². The minimum atomic E-state index is -1.15. The third-order valence-corrected chi connectivity index (χ3v) is 6.84. The molecule has 0 bridgehead atoms. The van der Waals surface area contributed by atoms with E-state index in [-0.39, 0.29) is 5.56 Å². The lowest BCUT2D eigenvalue weighted by molar-refractivity contribution is 0.0940. The van der Waals surface area contributed by atoms with E-state index in [0.717, 1.165) is 60.0 Å².